The molecule has 1 amide bonds. The molecule has 1 aromatic rings. The van der Waals surface area contributed by atoms with Crippen molar-refractivity contribution in [3.05, 3.63) is 17.0 Å². The van der Waals surface area contributed by atoms with Gasteiger partial charge in [0.2, 0.25) is 5.91 Å². The van der Waals surface area contributed by atoms with E-state index in [9.17, 15) is 4.79 Å². The maximum atomic E-state index is 11.8. The highest BCUT2D eigenvalue weighted by Crippen LogP contribution is 2.32. The van der Waals surface area contributed by atoms with Crippen LogP contribution in [0.2, 0.25) is 0 Å². The highest BCUT2D eigenvalue weighted by molar-refractivity contribution is 7.99. The molecule has 1 aliphatic rings. The van der Waals surface area contributed by atoms with Gasteiger partial charge in [0, 0.05) is 17.4 Å². The average molecular weight is 279 g/mol. The van der Waals surface area contributed by atoms with E-state index in [1.807, 2.05) is 20.8 Å². The molecular formula is C14H21N3OS. The van der Waals surface area contributed by atoms with Gasteiger partial charge in [-0.15, -0.1) is 0 Å². The van der Waals surface area contributed by atoms with Gasteiger partial charge in [-0.1, -0.05) is 11.8 Å². The van der Waals surface area contributed by atoms with Gasteiger partial charge < -0.3 is 5.32 Å². The highest BCUT2D eigenvalue weighted by Gasteiger charge is 2.28. The number of amides is 1. The summed E-state index contributed by atoms with van der Waals surface area (Å²) in [5.41, 5.74) is 3.10. The summed E-state index contributed by atoms with van der Waals surface area (Å²) in [5, 5.41) is 3.73. The molecule has 1 heterocycles. The molecule has 0 unspecified atom stereocenters. The second-order valence-corrected chi connectivity index (χ2v) is 6.23. The van der Waals surface area contributed by atoms with E-state index in [4.69, 9.17) is 0 Å². The van der Waals surface area contributed by atoms with Crippen LogP contribution in [0.1, 0.15) is 36.7 Å². The van der Waals surface area contributed by atoms with Crippen LogP contribution in [0.5, 0.6) is 0 Å². The zero-order valence-corrected chi connectivity index (χ0v) is 12.8. The minimum Gasteiger partial charge on any atom is -0.353 e. The van der Waals surface area contributed by atoms with Gasteiger partial charge in [-0.3, -0.25) is 4.79 Å². The molecule has 0 aliphatic heterocycles. The average Bonchev–Trinajstić information content (AvgIpc) is 3.17. The van der Waals surface area contributed by atoms with Gasteiger partial charge in [0.05, 0.1) is 5.75 Å². The first kappa shape index (κ1) is 14.3. The fourth-order valence-electron chi connectivity index (χ4n) is 1.95. The van der Waals surface area contributed by atoms with Crippen molar-refractivity contribution in [2.45, 2.75) is 51.7 Å². The number of carbonyl (C=O) groups excluding carboxylic acids is 1. The molecule has 1 saturated carbocycles. The van der Waals surface area contributed by atoms with Gasteiger partial charge in [0.15, 0.2) is 5.16 Å². The largest absolute Gasteiger partial charge is 0.353 e. The minimum absolute atomic E-state index is 0.0730. The second-order valence-electron chi connectivity index (χ2n) is 5.28. The third-order valence-corrected chi connectivity index (χ3v) is 4.51. The first-order valence-electron chi connectivity index (χ1n) is 6.71. The molecule has 1 aromatic heterocycles. The van der Waals surface area contributed by atoms with Crippen LogP contribution < -0.4 is 5.32 Å². The third kappa shape index (κ3) is 3.93. The molecule has 1 aliphatic carbocycles. The molecule has 2 rings (SSSR count). The van der Waals surface area contributed by atoms with Crippen LogP contribution in [0.3, 0.4) is 0 Å². The van der Waals surface area contributed by atoms with E-state index in [1.165, 1.54) is 24.6 Å². The number of hydrogen-bond acceptors (Lipinski definition) is 4. The first-order chi connectivity index (χ1) is 8.97. The fourth-order valence-corrected chi connectivity index (χ4v) is 2.69. The quantitative estimate of drug-likeness (QED) is 0.664. The van der Waals surface area contributed by atoms with Crippen LogP contribution in [0, 0.1) is 26.7 Å². The van der Waals surface area contributed by atoms with Crippen molar-refractivity contribution in [2.75, 3.05) is 5.75 Å². The van der Waals surface area contributed by atoms with Gasteiger partial charge in [0.1, 0.15) is 0 Å². The van der Waals surface area contributed by atoms with Gasteiger partial charge >= 0.3 is 0 Å². The number of aromatic nitrogens is 2. The number of hydrogen-bond donors (Lipinski definition) is 1. The lowest BCUT2D eigenvalue weighted by Crippen LogP contribution is -2.35. The van der Waals surface area contributed by atoms with E-state index in [1.54, 1.807) is 0 Å². The van der Waals surface area contributed by atoms with E-state index in [0.29, 0.717) is 22.9 Å². The Hall–Kier alpha value is -1.10. The number of rotatable bonds is 5. The van der Waals surface area contributed by atoms with E-state index in [-0.39, 0.29) is 5.91 Å². The lowest BCUT2D eigenvalue weighted by Gasteiger charge is -2.12. The summed E-state index contributed by atoms with van der Waals surface area (Å²) in [5.74, 6) is 1.15. The number of carbonyl (C=O) groups is 1. The number of nitrogens with one attached hydrogen (secondary N) is 1. The zero-order valence-electron chi connectivity index (χ0n) is 12.0. The molecular weight excluding hydrogens is 258 g/mol. The summed E-state index contributed by atoms with van der Waals surface area (Å²) in [6.07, 6.45) is 2.49. The van der Waals surface area contributed by atoms with Crippen LogP contribution in [0.4, 0.5) is 0 Å². The fraction of sp³-hybridized carbons (Fsp3) is 0.643. The van der Waals surface area contributed by atoms with Crippen molar-refractivity contribution in [1.82, 2.24) is 15.3 Å². The molecule has 0 radical (unpaired) electrons. The lowest BCUT2D eigenvalue weighted by atomic mass is 10.2. The summed E-state index contributed by atoms with van der Waals surface area (Å²) < 4.78 is 0. The van der Waals surface area contributed by atoms with Crippen molar-refractivity contribution in [1.29, 1.82) is 0 Å². The van der Waals surface area contributed by atoms with Gasteiger partial charge in [-0.05, 0) is 52.0 Å². The molecule has 19 heavy (non-hydrogen) atoms. The molecule has 1 fully saturated rings. The third-order valence-electron chi connectivity index (χ3n) is 3.66. The Kier molecular flexibility index (Phi) is 4.45. The molecule has 1 N–H and O–H groups in total. The molecule has 0 aromatic carbocycles. The van der Waals surface area contributed by atoms with E-state index in [0.717, 1.165) is 17.0 Å². The number of aryl methyl sites for hydroxylation is 2. The first-order valence-corrected chi connectivity index (χ1v) is 7.70. The Labute approximate surface area is 118 Å². The number of nitrogens with zero attached hydrogens (tertiary/aromatic N) is 2. The summed E-state index contributed by atoms with van der Waals surface area (Å²) in [6, 6.07) is 0.301. The van der Waals surface area contributed by atoms with Gasteiger partial charge in [-0.25, -0.2) is 9.97 Å². The molecule has 5 heteroatoms. The van der Waals surface area contributed by atoms with Crippen LogP contribution in [0.15, 0.2) is 5.16 Å². The summed E-state index contributed by atoms with van der Waals surface area (Å²) in [7, 11) is 0. The van der Waals surface area contributed by atoms with Crippen LogP contribution in [-0.4, -0.2) is 27.7 Å². The Balaban J connectivity index is 1.86. The SMILES string of the molecule is Cc1nc(SCC(=O)N[C@@H](C)C2CC2)nc(C)c1C. The molecule has 104 valence electrons. The van der Waals surface area contributed by atoms with Crippen LogP contribution in [0.25, 0.3) is 0 Å². The molecule has 0 bridgehead atoms. The summed E-state index contributed by atoms with van der Waals surface area (Å²) in [6.45, 7) is 8.05. The van der Waals surface area contributed by atoms with Crippen molar-refractivity contribution in [2.24, 2.45) is 5.92 Å². The Bertz CT molecular complexity index is 463. The normalized spacial score (nSPS) is 16.2. The monoisotopic (exact) mass is 279 g/mol. The smallest absolute Gasteiger partial charge is 0.230 e. The van der Waals surface area contributed by atoms with Crippen molar-refractivity contribution in [3.8, 4) is 0 Å². The maximum absolute atomic E-state index is 11.8. The Morgan fingerprint density at radius 1 is 1.32 bits per heavy atom. The standard InChI is InChI=1S/C14H21N3OS/c1-8-9(2)16-14(17-10(8)3)19-7-13(18)15-11(4)12-5-6-12/h11-12H,5-7H2,1-4H3,(H,15,18)/t11-/m0/s1. The van der Waals surface area contributed by atoms with E-state index in [2.05, 4.69) is 22.2 Å². The van der Waals surface area contributed by atoms with Crippen LogP contribution >= 0.6 is 11.8 Å². The summed E-state index contributed by atoms with van der Waals surface area (Å²) >= 11 is 1.41. The maximum Gasteiger partial charge on any atom is 0.230 e. The summed E-state index contributed by atoms with van der Waals surface area (Å²) in [4.78, 5) is 20.6. The second kappa shape index (κ2) is 5.90. The van der Waals surface area contributed by atoms with Crippen molar-refractivity contribution in [3.63, 3.8) is 0 Å². The van der Waals surface area contributed by atoms with E-state index < -0.39 is 0 Å². The Morgan fingerprint density at radius 3 is 2.42 bits per heavy atom. The lowest BCUT2D eigenvalue weighted by molar-refractivity contribution is -0.119. The highest BCUT2D eigenvalue weighted by atomic mass is 32.2. The topological polar surface area (TPSA) is 54.9 Å². The molecule has 1 atom stereocenters. The minimum atomic E-state index is 0.0730. The number of thioether (sulfide) groups is 1. The zero-order chi connectivity index (χ0) is 14.0. The Morgan fingerprint density at radius 2 is 1.89 bits per heavy atom. The molecule has 4 nitrogen and oxygen atoms in total. The van der Waals surface area contributed by atoms with E-state index >= 15 is 0 Å². The van der Waals surface area contributed by atoms with Gasteiger partial charge in [-0.2, -0.15) is 0 Å². The molecule has 0 spiro atoms. The van der Waals surface area contributed by atoms with Gasteiger partial charge in [0.25, 0.3) is 0 Å². The molecule has 0 saturated heterocycles. The van der Waals surface area contributed by atoms with Crippen molar-refractivity contribution < 1.29 is 4.79 Å². The predicted octanol–water partition coefficient (Wildman–Crippen LogP) is 2.41. The van der Waals surface area contributed by atoms with Crippen LogP contribution in [-0.2, 0) is 4.79 Å². The predicted molar refractivity (Wildman–Crippen MR) is 77.3 cm³/mol. The van der Waals surface area contributed by atoms with Crippen molar-refractivity contribution >= 4 is 17.7 Å².